The van der Waals surface area contributed by atoms with Crippen molar-refractivity contribution in [2.75, 3.05) is 6.54 Å². The van der Waals surface area contributed by atoms with Crippen molar-refractivity contribution in [3.05, 3.63) is 23.8 Å². The molecule has 1 heterocycles. The van der Waals surface area contributed by atoms with Gasteiger partial charge in [-0.3, -0.25) is 9.59 Å². The first-order valence-electron chi connectivity index (χ1n) is 9.85. The second-order valence-electron chi connectivity index (χ2n) is 4.97. The van der Waals surface area contributed by atoms with Gasteiger partial charge in [-0.05, 0) is 40.0 Å². The average molecular weight is 355 g/mol. The number of amides is 1. The van der Waals surface area contributed by atoms with Crippen LogP contribution in [-0.4, -0.2) is 35.2 Å². The topological polar surface area (TPSA) is 63.4 Å². The van der Waals surface area contributed by atoms with E-state index in [2.05, 4.69) is 0 Å². The SMILES string of the molecule is C/C=C\C(=C/C)CC(N)C(=O)N1CCCC1C(C)=O.CC.CC.CC. The van der Waals surface area contributed by atoms with Gasteiger partial charge in [-0.2, -0.15) is 0 Å². The Balaban J connectivity index is -0.000000725. The van der Waals surface area contributed by atoms with Crippen LogP contribution in [0.15, 0.2) is 23.8 Å². The highest BCUT2D eigenvalue weighted by Gasteiger charge is 2.34. The van der Waals surface area contributed by atoms with Crippen molar-refractivity contribution in [3.8, 4) is 0 Å². The molecule has 2 N–H and O–H groups in total. The molecule has 1 saturated heterocycles. The Bertz CT molecular complexity index is 401. The number of carbonyl (C=O) groups excluding carboxylic acids is 2. The molecule has 1 aliphatic rings. The summed E-state index contributed by atoms with van der Waals surface area (Å²) in [6.45, 7) is 18.1. The number of Topliss-reactive ketones (excluding diaryl/α,β-unsaturated/α-hetero) is 1. The van der Waals surface area contributed by atoms with E-state index in [0.29, 0.717) is 13.0 Å². The molecule has 0 spiro atoms. The maximum absolute atomic E-state index is 12.3. The predicted molar refractivity (Wildman–Crippen MR) is 111 cm³/mol. The minimum absolute atomic E-state index is 0.0535. The Morgan fingerprint density at radius 2 is 1.64 bits per heavy atom. The largest absolute Gasteiger partial charge is 0.331 e. The van der Waals surface area contributed by atoms with Crippen molar-refractivity contribution in [2.45, 2.75) is 93.7 Å². The van der Waals surface area contributed by atoms with Crippen molar-refractivity contribution < 1.29 is 9.59 Å². The van der Waals surface area contributed by atoms with E-state index in [-0.39, 0.29) is 17.7 Å². The van der Waals surface area contributed by atoms with Gasteiger partial charge in [0.05, 0.1) is 12.1 Å². The fraction of sp³-hybridized carbons (Fsp3) is 0.714. The zero-order valence-corrected chi connectivity index (χ0v) is 18.1. The number of carbonyl (C=O) groups is 2. The van der Waals surface area contributed by atoms with Gasteiger partial charge in [-0.1, -0.05) is 65.3 Å². The predicted octanol–water partition coefficient (Wildman–Crippen LogP) is 4.88. The van der Waals surface area contributed by atoms with E-state index in [1.54, 1.807) is 11.8 Å². The molecule has 0 aromatic heterocycles. The maximum Gasteiger partial charge on any atom is 0.240 e. The first-order chi connectivity index (χ1) is 12.0. The molecule has 1 fully saturated rings. The highest BCUT2D eigenvalue weighted by atomic mass is 16.2. The van der Waals surface area contributed by atoms with Crippen molar-refractivity contribution in [2.24, 2.45) is 5.73 Å². The van der Waals surface area contributed by atoms with Gasteiger partial charge in [0.15, 0.2) is 5.78 Å². The Morgan fingerprint density at radius 1 is 1.12 bits per heavy atom. The molecule has 0 aliphatic carbocycles. The summed E-state index contributed by atoms with van der Waals surface area (Å²) < 4.78 is 0. The van der Waals surface area contributed by atoms with Gasteiger partial charge < -0.3 is 10.6 Å². The van der Waals surface area contributed by atoms with E-state index in [1.165, 1.54) is 0 Å². The number of nitrogens with two attached hydrogens (primary N) is 1. The van der Waals surface area contributed by atoms with Crippen LogP contribution in [0.25, 0.3) is 0 Å². The molecule has 1 amide bonds. The molecule has 0 saturated carbocycles. The Morgan fingerprint density at radius 3 is 2.04 bits per heavy atom. The van der Waals surface area contributed by atoms with Crippen molar-refractivity contribution in [1.82, 2.24) is 4.90 Å². The van der Waals surface area contributed by atoms with Gasteiger partial charge in [0.25, 0.3) is 0 Å². The van der Waals surface area contributed by atoms with Gasteiger partial charge in [-0.25, -0.2) is 0 Å². The number of likely N-dealkylation sites (tertiary alicyclic amines) is 1. The highest BCUT2D eigenvalue weighted by Crippen LogP contribution is 2.20. The molecule has 0 bridgehead atoms. The number of rotatable bonds is 5. The van der Waals surface area contributed by atoms with Gasteiger partial charge in [0.2, 0.25) is 5.91 Å². The van der Waals surface area contributed by atoms with Crippen LogP contribution in [0, 0.1) is 0 Å². The van der Waals surface area contributed by atoms with Crippen LogP contribution in [0.1, 0.15) is 81.6 Å². The summed E-state index contributed by atoms with van der Waals surface area (Å²) in [6, 6.07) is -0.836. The molecular formula is C21H42N2O2. The Labute approximate surface area is 156 Å². The molecular weight excluding hydrogens is 312 g/mol. The average Bonchev–Trinajstić information content (AvgIpc) is 3.15. The summed E-state index contributed by atoms with van der Waals surface area (Å²) in [5.41, 5.74) is 7.03. The monoisotopic (exact) mass is 354 g/mol. The number of ketones is 1. The quantitative estimate of drug-likeness (QED) is 0.715. The number of hydrogen-bond donors (Lipinski definition) is 1. The molecule has 0 radical (unpaired) electrons. The first-order valence-corrected chi connectivity index (χ1v) is 9.85. The summed E-state index contributed by atoms with van der Waals surface area (Å²) in [6.07, 6.45) is 8.01. The fourth-order valence-electron chi connectivity index (χ4n) is 2.50. The van der Waals surface area contributed by atoms with E-state index >= 15 is 0 Å². The van der Waals surface area contributed by atoms with Gasteiger partial charge in [0, 0.05) is 6.54 Å². The van der Waals surface area contributed by atoms with Gasteiger partial charge in [0.1, 0.15) is 0 Å². The fourth-order valence-corrected chi connectivity index (χ4v) is 2.50. The Hall–Kier alpha value is -1.42. The van der Waals surface area contributed by atoms with E-state index < -0.39 is 6.04 Å². The summed E-state index contributed by atoms with van der Waals surface area (Å²) in [5, 5.41) is 0. The third kappa shape index (κ3) is 10.9. The normalized spacial score (nSPS) is 17.4. The van der Waals surface area contributed by atoms with Crippen LogP contribution in [-0.2, 0) is 9.59 Å². The molecule has 148 valence electrons. The van der Waals surface area contributed by atoms with Crippen LogP contribution >= 0.6 is 0 Å². The summed E-state index contributed by atoms with van der Waals surface area (Å²) in [5.74, 6) is -0.0562. The third-order valence-corrected chi connectivity index (χ3v) is 3.53. The lowest BCUT2D eigenvalue weighted by molar-refractivity contribution is -0.137. The van der Waals surface area contributed by atoms with Crippen molar-refractivity contribution in [3.63, 3.8) is 0 Å². The number of allylic oxidation sites excluding steroid dienone is 3. The van der Waals surface area contributed by atoms with Crippen LogP contribution in [0.2, 0.25) is 0 Å². The Kier molecular flexibility index (Phi) is 21.5. The van der Waals surface area contributed by atoms with E-state index in [9.17, 15) is 9.59 Å². The lowest BCUT2D eigenvalue weighted by Crippen LogP contribution is -2.48. The molecule has 0 aromatic rings. The molecule has 2 unspecified atom stereocenters. The lowest BCUT2D eigenvalue weighted by Gasteiger charge is -2.26. The second kappa shape index (κ2) is 18.9. The van der Waals surface area contributed by atoms with Gasteiger partial charge in [-0.15, -0.1) is 0 Å². The highest BCUT2D eigenvalue weighted by molar-refractivity contribution is 5.90. The van der Waals surface area contributed by atoms with E-state index in [0.717, 1.165) is 18.4 Å². The number of nitrogens with zero attached hydrogens (tertiary/aromatic N) is 1. The molecule has 0 aromatic carbocycles. The van der Waals surface area contributed by atoms with Crippen LogP contribution < -0.4 is 5.73 Å². The number of hydrogen-bond acceptors (Lipinski definition) is 3. The zero-order chi connectivity index (χ0) is 20.4. The first kappa shape index (κ1) is 28.4. The smallest absolute Gasteiger partial charge is 0.240 e. The standard InChI is InChI=1S/C15H24N2O2.3C2H6/c1-4-7-12(5-2)10-13(16)15(19)17-9-6-8-14(17)11(3)18;3*1-2/h4-5,7,13-14H,6,8-10,16H2,1-3H3;3*1-2H3/b7-4-,12-5+;;;. The molecule has 25 heavy (non-hydrogen) atoms. The van der Waals surface area contributed by atoms with E-state index in [1.807, 2.05) is 73.6 Å². The lowest BCUT2D eigenvalue weighted by atomic mass is 10.0. The molecule has 1 aliphatic heterocycles. The van der Waals surface area contributed by atoms with Crippen molar-refractivity contribution in [1.29, 1.82) is 0 Å². The minimum atomic E-state index is -0.567. The summed E-state index contributed by atoms with van der Waals surface area (Å²) in [4.78, 5) is 25.5. The van der Waals surface area contributed by atoms with E-state index in [4.69, 9.17) is 5.73 Å². The molecule has 4 heteroatoms. The zero-order valence-electron chi connectivity index (χ0n) is 18.1. The van der Waals surface area contributed by atoms with Crippen LogP contribution in [0.5, 0.6) is 0 Å². The molecule has 1 rings (SSSR count). The summed E-state index contributed by atoms with van der Waals surface area (Å²) >= 11 is 0. The maximum atomic E-state index is 12.3. The third-order valence-electron chi connectivity index (χ3n) is 3.53. The summed E-state index contributed by atoms with van der Waals surface area (Å²) in [7, 11) is 0. The van der Waals surface area contributed by atoms with Crippen LogP contribution in [0.4, 0.5) is 0 Å². The van der Waals surface area contributed by atoms with Gasteiger partial charge >= 0.3 is 0 Å². The minimum Gasteiger partial charge on any atom is -0.331 e. The van der Waals surface area contributed by atoms with Crippen molar-refractivity contribution >= 4 is 11.7 Å². The molecule has 2 atom stereocenters. The van der Waals surface area contributed by atoms with Crippen LogP contribution in [0.3, 0.4) is 0 Å². The molecule has 4 nitrogen and oxygen atoms in total. The second-order valence-corrected chi connectivity index (χ2v) is 4.97.